The van der Waals surface area contributed by atoms with E-state index in [4.69, 9.17) is 25.8 Å². The van der Waals surface area contributed by atoms with Crippen LogP contribution in [0.4, 0.5) is 11.4 Å². The van der Waals surface area contributed by atoms with Crippen LogP contribution < -0.4 is 19.7 Å². The molecule has 0 aromatic heterocycles. The second kappa shape index (κ2) is 9.53. The second-order valence-electron chi connectivity index (χ2n) is 6.16. The van der Waals surface area contributed by atoms with E-state index in [0.29, 0.717) is 18.9 Å². The van der Waals surface area contributed by atoms with Gasteiger partial charge < -0.3 is 24.4 Å². The normalized spacial score (nSPS) is 14.1. The number of rotatable bonds is 7. The molecule has 0 unspecified atom stereocenters. The van der Waals surface area contributed by atoms with Gasteiger partial charge in [-0.05, 0) is 58.7 Å². The van der Waals surface area contributed by atoms with E-state index in [0.717, 1.165) is 58.5 Å². The molecule has 0 bridgehead atoms. The Kier molecular flexibility index (Phi) is 7.10. The molecule has 0 radical (unpaired) electrons. The summed E-state index contributed by atoms with van der Waals surface area (Å²) in [5.74, 6) is 1.44. The summed E-state index contributed by atoms with van der Waals surface area (Å²) in [5.41, 5.74) is 3.10. The summed E-state index contributed by atoms with van der Waals surface area (Å²) in [6.45, 7) is 6.40. The maximum absolute atomic E-state index is 6.51. The van der Waals surface area contributed by atoms with Crippen molar-refractivity contribution in [3.8, 4) is 11.5 Å². The lowest BCUT2D eigenvalue weighted by Gasteiger charge is -2.29. The van der Waals surface area contributed by atoms with E-state index in [-0.39, 0.29) is 0 Å². The van der Waals surface area contributed by atoms with Crippen molar-refractivity contribution in [1.82, 2.24) is 0 Å². The van der Waals surface area contributed by atoms with E-state index in [1.807, 2.05) is 25.1 Å². The van der Waals surface area contributed by atoms with Crippen LogP contribution in [0.2, 0.25) is 5.02 Å². The van der Waals surface area contributed by atoms with Gasteiger partial charge in [-0.1, -0.05) is 11.6 Å². The van der Waals surface area contributed by atoms with Gasteiger partial charge in [0.2, 0.25) is 0 Å². The number of nitrogens with one attached hydrogen (secondary N) is 1. The minimum atomic E-state index is 0.584. The van der Waals surface area contributed by atoms with Crippen LogP contribution >= 0.6 is 27.5 Å². The SMILES string of the molecule is CCOc1c(Br)cc(CNc2ccc(N3CCOCC3)c(Cl)c2)cc1OC. The molecule has 7 heteroatoms. The minimum absolute atomic E-state index is 0.584. The first-order valence-electron chi connectivity index (χ1n) is 8.97. The van der Waals surface area contributed by atoms with Gasteiger partial charge in [0.25, 0.3) is 0 Å². The van der Waals surface area contributed by atoms with Crippen LogP contribution in [-0.4, -0.2) is 40.0 Å². The number of ether oxygens (including phenoxy) is 3. The lowest BCUT2D eigenvalue weighted by atomic mass is 10.2. The third-order valence-electron chi connectivity index (χ3n) is 4.37. The summed E-state index contributed by atoms with van der Waals surface area (Å²) >= 11 is 10.1. The van der Waals surface area contributed by atoms with E-state index < -0.39 is 0 Å². The van der Waals surface area contributed by atoms with Crippen molar-refractivity contribution in [2.45, 2.75) is 13.5 Å². The maximum atomic E-state index is 6.51. The molecule has 146 valence electrons. The van der Waals surface area contributed by atoms with Crippen LogP contribution in [0.15, 0.2) is 34.8 Å². The highest BCUT2D eigenvalue weighted by Gasteiger charge is 2.15. The molecule has 0 saturated carbocycles. The van der Waals surface area contributed by atoms with Gasteiger partial charge in [0, 0.05) is 25.3 Å². The average molecular weight is 456 g/mol. The molecule has 0 atom stereocenters. The average Bonchev–Trinajstić information content (AvgIpc) is 2.69. The summed E-state index contributed by atoms with van der Waals surface area (Å²) in [6, 6.07) is 10.1. The number of halogens is 2. The molecule has 2 aromatic rings. The quantitative estimate of drug-likeness (QED) is 0.639. The zero-order valence-electron chi connectivity index (χ0n) is 15.6. The number of methoxy groups -OCH3 is 1. The van der Waals surface area contributed by atoms with Crippen molar-refractivity contribution < 1.29 is 14.2 Å². The maximum Gasteiger partial charge on any atom is 0.175 e. The van der Waals surface area contributed by atoms with E-state index >= 15 is 0 Å². The van der Waals surface area contributed by atoms with Crippen LogP contribution in [-0.2, 0) is 11.3 Å². The first-order valence-corrected chi connectivity index (χ1v) is 10.1. The predicted octanol–water partition coefficient (Wildman–Crippen LogP) is 4.96. The number of benzene rings is 2. The second-order valence-corrected chi connectivity index (χ2v) is 7.42. The molecular formula is C20H24BrClN2O3. The predicted molar refractivity (Wildman–Crippen MR) is 114 cm³/mol. The Hall–Kier alpha value is -1.63. The Morgan fingerprint density at radius 3 is 2.67 bits per heavy atom. The summed E-state index contributed by atoms with van der Waals surface area (Å²) in [7, 11) is 1.64. The zero-order valence-corrected chi connectivity index (χ0v) is 17.9. The van der Waals surface area contributed by atoms with E-state index in [2.05, 4.69) is 38.3 Å². The van der Waals surface area contributed by atoms with Crippen molar-refractivity contribution >= 4 is 38.9 Å². The van der Waals surface area contributed by atoms with Crippen LogP contribution in [0.25, 0.3) is 0 Å². The Labute approximate surface area is 173 Å². The van der Waals surface area contributed by atoms with Gasteiger partial charge in [0.05, 0.1) is 42.1 Å². The molecule has 3 rings (SSSR count). The van der Waals surface area contributed by atoms with Crippen molar-refractivity contribution in [1.29, 1.82) is 0 Å². The van der Waals surface area contributed by atoms with Gasteiger partial charge in [-0.15, -0.1) is 0 Å². The Balaban J connectivity index is 1.69. The van der Waals surface area contributed by atoms with Crippen molar-refractivity contribution in [2.75, 3.05) is 50.2 Å². The highest BCUT2D eigenvalue weighted by atomic mass is 79.9. The first-order chi connectivity index (χ1) is 13.1. The van der Waals surface area contributed by atoms with Crippen molar-refractivity contribution in [3.05, 3.63) is 45.4 Å². The van der Waals surface area contributed by atoms with E-state index in [1.54, 1.807) is 7.11 Å². The monoisotopic (exact) mass is 454 g/mol. The molecule has 1 saturated heterocycles. The minimum Gasteiger partial charge on any atom is -0.493 e. The molecule has 0 amide bonds. The number of anilines is 2. The molecule has 1 N–H and O–H groups in total. The molecule has 1 aliphatic heterocycles. The fraction of sp³-hybridized carbons (Fsp3) is 0.400. The standard InChI is InChI=1S/C20H24BrClN2O3/c1-3-27-20-16(21)10-14(11-19(20)25-2)13-23-15-4-5-18(17(22)12-15)24-6-8-26-9-7-24/h4-5,10-12,23H,3,6-9,13H2,1-2H3. The first kappa shape index (κ1) is 20.1. The highest BCUT2D eigenvalue weighted by Crippen LogP contribution is 2.37. The topological polar surface area (TPSA) is 43.0 Å². The molecule has 27 heavy (non-hydrogen) atoms. The molecule has 1 fully saturated rings. The number of hydrogen-bond donors (Lipinski definition) is 1. The van der Waals surface area contributed by atoms with Crippen LogP contribution in [0.5, 0.6) is 11.5 Å². The molecule has 5 nitrogen and oxygen atoms in total. The Morgan fingerprint density at radius 1 is 1.22 bits per heavy atom. The molecule has 2 aromatic carbocycles. The van der Waals surface area contributed by atoms with Crippen LogP contribution in [0.1, 0.15) is 12.5 Å². The third-order valence-corrected chi connectivity index (χ3v) is 5.27. The number of morpholine rings is 1. The largest absolute Gasteiger partial charge is 0.493 e. The van der Waals surface area contributed by atoms with Crippen molar-refractivity contribution in [3.63, 3.8) is 0 Å². The summed E-state index contributed by atoms with van der Waals surface area (Å²) < 4.78 is 17.4. The van der Waals surface area contributed by atoms with Crippen molar-refractivity contribution in [2.24, 2.45) is 0 Å². The highest BCUT2D eigenvalue weighted by molar-refractivity contribution is 9.10. The number of nitrogens with zero attached hydrogens (tertiary/aromatic N) is 1. The van der Waals surface area contributed by atoms with Gasteiger partial charge in [-0.3, -0.25) is 0 Å². The molecular weight excluding hydrogens is 432 g/mol. The van der Waals surface area contributed by atoms with Crippen LogP contribution in [0, 0.1) is 0 Å². The summed E-state index contributed by atoms with van der Waals surface area (Å²) in [6.07, 6.45) is 0. The van der Waals surface area contributed by atoms with Gasteiger partial charge in [-0.25, -0.2) is 0 Å². The summed E-state index contributed by atoms with van der Waals surface area (Å²) in [4.78, 5) is 2.25. The Bertz CT molecular complexity index is 782. The smallest absolute Gasteiger partial charge is 0.175 e. The molecule has 0 aliphatic carbocycles. The molecule has 1 heterocycles. The zero-order chi connectivity index (χ0) is 19.2. The van der Waals surface area contributed by atoms with Crippen LogP contribution in [0.3, 0.4) is 0 Å². The van der Waals surface area contributed by atoms with E-state index in [1.165, 1.54) is 0 Å². The fourth-order valence-corrected chi connectivity index (χ4v) is 3.95. The molecule has 0 spiro atoms. The molecule has 1 aliphatic rings. The van der Waals surface area contributed by atoms with Gasteiger partial charge in [-0.2, -0.15) is 0 Å². The van der Waals surface area contributed by atoms with Gasteiger partial charge >= 0.3 is 0 Å². The third kappa shape index (κ3) is 5.00. The lowest BCUT2D eigenvalue weighted by molar-refractivity contribution is 0.122. The van der Waals surface area contributed by atoms with E-state index in [9.17, 15) is 0 Å². The van der Waals surface area contributed by atoms with Gasteiger partial charge in [0.15, 0.2) is 11.5 Å². The summed E-state index contributed by atoms with van der Waals surface area (Å²) in [5, 5.41) is 4.16. The Morgan fingerprint density at radius 2 is 2.00 bits per heavy atom. The number of hydrogen-bond acceptors (Lipinski definition) is 5. The fourth-order valence-electron chi connectivity index (χ4n) is 3.04. The van der Waals surface area contributed by atoms with Gasteiger partial charge in [0.1, 0.15) is 0 Å². The lowest BCUT2D eigenvalue weighted by Crippen LogP contribution is -2.36.